The van der Waals surface area contributed by atoms with Gasteiger partial charge in [-0.1, -0.05) is 123 Å². The minimum absolute atomic E-state index is 0.0944. The summed E-state index contributed by atoms with van der Waals surface area (Å²) in [5.74, 6) is 0. The van der Waals surface area contributed by atoms with Gasteiger partial charge in [0.25, 0.3) is 0 Å². The van der Waals surface area contributed by atoms with Crippen molar-refractivity contribution in [3.8, 4) is 33.4 Å². The average Bonchev–Trinajstić information content (AvgIpc) is 3.34. The van der Waals surface area contributed by atoms with Crippen LogP contribution in [0, 0.1) is 0 Å². The maximum absolute atomic E-state index is 2.51. The third-order valence-electron chi connectivity index (χ3n) is 12.0. The number of allylic oxidation sites excluding steroid dienone is 6. The molecule has 11 rings (SSSR count). The van der Waals surface area contributed by atoms with Gasteiger partial charge in [0, 0.05) is 5.41 Å². The first-order chi connectivity index (χ1) is 23.0. The van der Waals surface area contributed by atoms with Gasteiger partial charge in [-0.15, -0.1) is 0 Å². The normalized spacial score (nSPS) is 17.1. The molecule has 0 saturated carbocycles. The van der Waals surface area contributed by atoms with Crippen LogP contribution in [0.25, 0.3) is 78.2 Å². The van der Waals surface area contributed by atoms with E-state index in [1.165, 1.54) is 111 Å². The minimum atomic E-state index is -0.0944. The average molecular weight is 599 g/mol. The molecule has 0 aromatic heterocycles. The fraction of sp³-hybridized carbons (Fsp3) is 0.149. The molecular weight excluding hydrogens is 565 g/mol. The van der Waals surface area contributed by atoms with Crippen LogP contribution in [0.2, 0.25) is 0 Å². The maximum atomic E-state index is 2.51. The van der Waals surface area contributed by atoms with Crippen LogP contribution >= 0.6 is 0 Å². The molecule has 0 heteroatoms. The van der Waals surface area contributed by atoms with E-state index in [2.05, 4.69) is 135 Å². The summed E-state index contributed by atoms with van der Waals surface area (Å²) >= 11 is 0. The molecule has 222 valence electrons. The van der Waals surface area contributed by atoms with E-state index >= 15 is 0 Å². The molecule has 0 N–H and O–H groups in total. The van der Waals surface area contributed by atoms with Crippen LogP contribution in [0.5, 0.6) is 0 Å². The first kappa shape index (κ1) is 25.9. The van der Waals surface area contributed by atoms with Crippen molar-refractivity contribution in [3.63, 3.8) is 0 Å². The van der Waals surface area contributed by atoms with Gasteiger partial charge in [0.05, 0.1) is 0 Å². The molecule has 0 aliphatic heterocycles. The zero-order chi connectivity index (χ0) is 31.0. The SMILES string of the molecule is CC1(C)c2cc(-c3ccc4ccc5c6c4c3CC=C6CC=C5)ccc2-c2ccc(-c3ccc4c5c6c(ccc35)C=CCC6=CC4)cc21. The highest BCUT2D eigenvalue weighted by molar-refractivity contribution is 6.09. The third-order valence-corrected chi connectivity index (χ3v) is 12.0. The molecule has 6 aromatic rings. The fourth-order valence-corrected chi connectivity index (χ4v) is 9.65. The molecule has 5 aliphatic carbocycles. The predicted octanol–water partition coefficient (Wildman–Crippen LogP) is 12.3. The number of rotatable bonds is 2. The zero-order valence-corrected chi connectivity index (χ0v) is 26.9. The van der Waals surface area contributed by atoms with Crippen molar-refractivity contribution >= 4 is 44.8 Å². The summed E-state index contributed by atoms with van der Waals surface area (Å²) in [5.41, 5.74) is 22.5. The monoisotopic (exact) mass is 598 g/mol. The lowest BCUT2D eigenvalue weighted by Crippen LogP contribution is -2.15. The van der Waals surface area contributed by atoms with Crippen LogP contribution < -0.4 is 0 Å². The molecule has 0 fully saturated rings. The maximum Gasteiger partial charge on any atom is 0.0159 e. The Hall–Kier alpha value is -5.20. The summed E-state index contributed by atoms with van der Waals surface area (Å²) in [5, 5.41) is 5.68. The second-order valence-corrected chi connectivity index (χ2v) is 14.7. The van der Waals surface area contributed by atoms with Crippen LogP contribution in [0.15, 0.2) is 109 Å². The van der Waals surface area contributed by atoms with Crippen molar-refractivity contribution in [1.82, 2.24) is 0 Å². The molecule has 0 saturated heterocycles. The van der Waals surface area contributed by atoms with E-state index < -0.39 is 0 Å². The molecule has 47 heavy (non-hydrogen) atoms. The molecule has 0 atom stereocenters. The smallest absolute Gasteiger partial charge is 0.0159 e. The van der Waals surface area contributed by atoms with Crippen molar-refractivity contribution in [2.45, 2.75) is 44.9 Å². The number of benzene rings is 6. The lowest BCUT2D eigenvalue weighted by molar-refractivity contribution is 0.661. The summed E-state index contributed by atoms with van der Waals surface area (Å²) in [6, 6.07) is 33.3. The predicted molar refractivity (Wildman–Crippen MR) is 201 cm³/mol. The van der Waals surface area contributed by atoms with Gasteiger partial charge in [-0.25, -0.2) is 0 Å². The Labute approximate surface area is 276 Å². The van der Waals surface area contributed by atoms with Crippen LogP contribution in [0.1, 0.15) is 71.2 Å². The summed E-state index contributed by atoms with van der Waals surface area (Å²) in [7, 11) is 0. The Morgan fingerprint density at radius 1 is 0.511 bits per heavy atom. The summed E-state index contributed by atoms with van der Waals surface area (Å²) in [6.45, 7) is 4.85. The first-order valence-corrected chi connectivity index (χ1v) is 17.2. The van der Waals surface area contributed by atoms with Gasteiger partial charge in [0.2, 0.25) is 0 Å². The molecule has 0 bridgehead atoms. The van der Waals surface area contributed by atoms with Gasteiger partial charge in [-0.05, 0) is 148 Å². The summed E-state index contributed by atoms with van der Waals surface area (Å²) < 4.78 is 0. The van der Waals surface area contributed by atoms with Gasteiger partial charge in [0.1, 0.15) is 0 Å². The van der Waals surface area contributed by atoms with Gasteiger partial charge in [-0.2, -0.15) is 0 Å². The van der Waals surface area contributed by atoms with Crippen LogP contribution in [-0.4, -0.2) is 0 Å². The number of fused-ring (bicyclic) bond motifs is 3. The lowest BCUT2D eigenvalue weighted by atomic mass is 9.77. The van der Waals surface area contributed by atoms with E-state index in [9.17, 15) is 0 Å². The minimum Gasteiger partial charge on any atom is -0.0795 e. The molecule has 0 heterocycles. The fourth-order valence-electron chi connectivity index (χ4n) is 9.65. The zero-order valence-electron chi connectivity index (χ0n) is 26.9. The van der Waals surface area contributed by atoms with Crippen molar-refractivity contribution in [3.05, 3.63) is 154 Å². The quantitative estimate of drug-likeness (QED) is 0.186. The van der Waals surface area contributed by atoms with E-state index in [1.54, 1.807) is 0 Å². The van der Waals surface area contributed by atoms with Crippen LogP contribution in [0.3, 0.4) is 0 Å². The van der Waals surface area contributed by atoms with E-state index in [4.69, 9.17) is 0 Å². The highest BCUT2D eigenvalue weighted by Gasteiger charge is 2.36. The van der Waals surface area contributed by atoms with Gasteiger partial charge in [-0.3, -0.25) is 0 Å². The Balaban J connectivity index is 1.04. The van der Waals surface area contributed by atoms with Crippen molar-refractivity contribution in [1.29, 1.82) is 0 Å². The molecule has 0 spiro atoms. The molecular formula is C47H34. The number of hydrogen-bond acceptors (Lipinski definition) is 0. The van der Waals surface area contributed by atoms with Crippen LogP contribution in [0.4, 0.5) is 0 Å². The Bertz CT molecular complexity index is 2570. The van der Waals surface area contributed by atoms with E-state index in [0.29, 0.717) is 0 Å². The topological polar surface area (TPSA) is 0 Å². The van der Waals surface area contributed by atoms with Gasteiger partial charge in [0.15, 0.2) is 0 Å². The van der Waals surface area contributed by atoms with E-state index in [0.717, 1.165) is 25.7 Å². The second kappa shape index (κ2) is 8.99. The van der Waals surface area contributed by atoms with E-state index in [1.807, 2.05) is 0 Å². The first-order valence-electron chi connectivity index (χ1n) is 17.2. The summed E-state index contributed by atoms with van der Waals surface area (Å²) in [4.78, 5) is 0. The molecule has 0 nitrogen and oxygen atoms in total. The second-order valence-electron chi connectivity index (χ2n) is 14.7. The van der Waals surface area contributed by atoms with E-state index in [-0.39, 0.29) is 5.41 Å². The standard InChI is InChI=1S/C47H34/c1-47(2)41-25-33(35-19-13-31-11-9-27-5-3-7-29-15-23-39(35)45(31)43(27)29)17-21-37(41)38-22-18-34(26-42(38)47)36-20-14-32-12-10-28-6-4-8-30-16-24-40(36)46(32)44(28)30/h3-5,8-11,13-22,24-26H,6-7,12,23H2,1-2H3. The van der Waals surface area contributed by atoms with Crippen molar-refractivity contribution in [2.24, 2.45) is 0 Å². The molecule has 6 aromatic carbocycles. The summed E-state index contributed by atoms with van der Waals surface area (Å²) in [6.07, 6.45) is 18.3. The lowest BCUT2D eigenvalue weighted by Gasteiger charge is -2.26. The Kier molecular flexibility index (Phi) is 4.96. The van der Waals surface area contributed by atoms with Gasteiger partial charge >= 0.3 is 0 Å². The highest BCUT2D eigenvalue weighted by Crippen LogP contribution is 2.52. The highest BCUT2D eigenvalue weighted by atomic mass is 14.4. The van der Waals surface area contributed by atoms with Crippen molar-refractivity contribution < 1.29 is 0 Å². The van der Waals surface area contributed by atoms with Crippen molar-refractivity contribution in [2.75, 3.05) is 0 Å². The third kappa shape index (κ3) is 3.38. The van der Waals surface area contributed by atoms with Gasteiger partial charge < -0.3 is 0 Å². The number of hydrogen-bond donors (Lipinski definition) is 0. The molecule has 5 aliphatic rings. The van der Waals surface area contributed by atoms with Crippen LogP contribution in [-0.2, 0) is 18.3 Å². The molecule has 0 unspecified atom stereocenters. The largest absolute Gasteiger partial charge is 0.0795 e. The molecule has 0 amide bonds. The molecule has 0 radical (unpaired) electrons. The Morgan fingerprint density at radius 3 is 1.85 bits per heavy atom. The Morgan fingerprint density at radius 2 is 1.11 bits per heavy atom.